The summed E-state index contributed by atoms with van der Waals surface area (Å²) in [5.74, 6) is -0.784. The molecule has 0 aliphatic rings. The molecule has 2 N–H and O–H groups in total. The molecule has 2 amide bonds. The molecule has 0 bridgehead atoms. The third-order valence-corrected chi connectivity index (χ3v) is 2.64. The predicted molar refractivity (Wildman–Crippen MR) is 85.8 cm³/mol. The van der Waals surface area contributed by atoms with Crippen LogP contribution in [0.5, 0.6) is 5.75 Å². The topological polar surface area (TPSA) is 79.8 Å². The minimum absolute atomic E-state index is 0.232. The maximum atomic E-state index is 11.3. The molecule has 0 saturated heterocycles. The highest BCUT2D eigenvalue weighted by Crippen LogP contribution is 2.11. The summed E-state index contributed by atoms with van der Waals surface area (Å²) in [6.07, 6.45) is 5.04. The summed E-state index contributed by atoms with van der Waals surface area (Å²) in [6, 6.07) is 7.29. The maximum absolute atomic E-state index is 11.3. The van der Waals surface area contributed by atoms with E-state index >= 15 is 0 Å². The molecule has 1 aromatic rings. The minimum Gasteiger partial charge on any atom is -0.494 e. The Balaban J connectivity index is 2.41. The van der Waals surface area contributed by atoms with Gasteiger partial charge in [0.05, 0.1) is 12.8 Å². The molecule has 6 heteroatoms. The monoisotopic (exact) mass is 303 g/mol. The van der Waals surface area contributed by atoms with Gasteiger partial charge in [0.15, 0.2) is 0 Å². The van der Waals surface area contributed by atoms with E-state index in [0.717, 1.165) is 24.2 Å². The summed E-state index contributed by atoms with van der Waals surface area (Å²) < 4.78 is 5.54. The Kier molecular flexibility index (Phi) is 8.04. The van der Waals surface area contributed by atoms with Gasteiger partial charge < -0.3 is 10.1 Å². The molecule has 0 atom stereocenters. The zero-order valence-corrected chi connectivity index (χ0v) is 12.7. The van der Waals surface area contributed by atoms with Crippen molar-refractivity contribution in [1.82, 2.24) is 10.7 Å². The largest absolute Gasteiger partial charge is 0.494 e. The molecule has 0 spiro atoms. The van der Waals surface area contributed by atoms with Crippen LogP contribution in [0.15, 0.2) is 42.0 Å². The van der Waals surface area contributed by atoms with Crippen molar-refractivity contribution in [3.05, 3.63) is 42.5 Å². The van der Waals surface area contributed by atoms with E-state index in [1.165, 1.54) is 12.3 Å². The number of carbonyl (C=O) groups is 2. The fourth-order valence-electron chi connectivity index (χ4n) is 1.45. The zero-order chi connectivity index (χ0) is 16.2. The molecule has 22 heavy (non-hydrogen) atoms. The van der Waals surface area contributed by atoms with Crippen LogP contribution < -0.4 is 15.5 Å². The van der Waals surface area contributed by atoms with E-state index in [1.807, 2.05) is 24.3 Å². The molecule has 1 rings (SSSR count). The highest BCUT2D eigenvalue weighted by atomic mass is 16.5. The molecule has 0 fully saturated rings. The molecule has 118 valence electrons. The van der Waals surface area contributed by atoms with Crippen LogP contribution in [0.1, 0.15) is 25.3 Å². The first-order chi connectivity index (χ1) is 10.7. The number of nitrogens with zero attached hydrogens (tertiary/aromatic N) is 1. The molecule has 0 radical (unpaired) electrons. The highest BCUT2D eigenvalue weighted by Gasteiger charge is 2.10. The van der Waals surface area contributed by atoms with Crippen molar-refractivity contribution >= 4 is 18.0 Å². The number of benzene rings is 1. The standard InChI is InChI=1S/C16H21N3O3/c1-3-5-11-22-14-8-6-13(7-9-14)12-18-19-16(21)15(20)17-10-4-2/h4,6-9,12H,2-3,5,10-11H2,1H3,(H,17,20)(H,19,21)/b18-12+. The molecule has 0 saturated carbocycles. The second-order valence-corrected chi connectivity index (χ2v) is 4.47. The third-order valence-electron chi connectivity index (χ3n) is 2.64. The van der Waals surface area contributed by atoms with E-state index in [1.54, 1.807) is 0 Å². The van der Waals surface area contributed by atoms with Gasteiger partial charge in [-0.3, -0.25) is 9.59 Å². The molecule has 0 heterocycles. The van der Waals surface area contributed by atoms with Crippen LogP contribution in [-0.2, 0) is 9.59 Å². The summed E-state index contributed by atoms with van der Waals surface area (Å²) in [5, 5.41) is 6.08. The molecule has 0 aliphatic heterocycles. The lowest BCUT2D eigenvalue weighted by Crippen LogP contribution is -2.37. The van der Waals surface area contributed by atoms with Gasteiger partial charge in [-0.25, -0.2) is 5.43 Å². The van der Waals surface area contributed by atoms with Crippen molar-refractivity contribution in [2.75, 3.05) is 13.2 Å². The van der Waals surface area contributed by atoms with Gasteiger partial charge in [-0.2, -0.15) is 5.10 Å². The number of hydrazone groups is 1. The van der Waals surface area contributed by atoms with Crippen LogP contribution in [0.4, 0.5) is 0 Å². The lowest BCUT2D eigenvalue weighted by molar-refractivity contribution is -0.139. The smallest absolute Gasteiger partial charge is 0.329 e. The first-order valence-corrected chi connectivity index (χ1v) is 7.12. The Labute approximate surface area is 130 Å². The predicted octanol–water partition coefficient (Wildman–Crippen LogP) is 1.62. The molecule has 0 unspecified atom stereocenters. The van der Waals surface area contributed by atoms with Gasteiger partial charge in [-0.15, -0.1) is 6.58 Å². The van der Waals surface area contributed by atoms with E-state index in [0.29, 0.717) is 6.61 Å². The zero-order valence-electron chi connectivity index (χ0n) is 12.7. The number of unbranched alkanes of at least 4 members (excludes halogenated alkanes) is 1. The quantitative estimate of drug-likeness (QED) is 0.252. The molecule has 6 nitrogen and oxygen atoms in total. The van der Waals surface area contributed by atoms with Crippen molar-refractivity contribution in [2.24, 2.45) is 5.10 Å². The Morgan fingerprint density at radius 2 is 2.00 bits per heavy atom. The molecule has 1 aromatic carbocycles. The van der Waals surface area contributed by atoms with Crippen LogP contribution in [-0.4, -0.2) is 31.2 Å². The van der Waals surface area contributed by atoms with Crippen molar-refractivity contribution in [3.8, 4) is 5.75 Å². The second-order valence-electron chi connectivity index (χ2n) is 4.47. The fraction of sp³-hybridized carbons (Fsp3) is 0.312. The van der Waals surface area contributed by atoms with Gasteiger partial charge in [-0.05, 0) is 36.2 Å². The van der Waals surface area contributed by atoms with E-state index in [4.69, 9.17) is 4.74 Å². The van der Waals surface area contributed by atoms with Crippen molar-refractivity contribution in [3.63, 3.8) is 0 Å². The van der Waals surface area contributed by atoms with Gasteiger partial charge in [0, 0.05) is 6.54 Å². The fourth-order valence-corrected chi connectivity index (χ4v) is 1.45. The minimum atomic E-state index is -0.822. The van der Waals surface area contributed by atoms with E-state index < -0.39 is 11.8 Å². The van der Waals surface area contributed by atoms with Crippen molar-refractivity contribution < 1.29 is 14.3 Å². The van der Waals surface area contributed by atoms with Crippen LogP contribution in [0, 0.1) is 0 Å². The number of rotatable bonds is 8. The number of nitrogens with one attached hydrogen (secondary N) is 2. The number of ether oxygens (including phenoxy) is 1. The van der Waals surface area contributed by atoms with Crippen molar-refractivity contribution in [2.45, 2.75) is 19.8 Å². The molecule has 0 aliphatic carbocycles. The molecule has 0 aromatic heterocycles. The summed E-state index contributed by atoms with van der Waals surface area (Å²) in [6.45, 7) is 6.47. The van der Waals surface area contributed by atoms with E-state index in [-0.39, 0.29) is 6.54 Å². The van der Waals surface area contributed by atoms with Gasteiger partial charge in [0.25, 0.3) is 0 Å². The highest BCUT2D eigenvalue weighted by molar-refractivity contribution is 6.35. The van der Waals surface area contributed by atoms with Crippen LogP contribution in [0.25, 0.3) is 0 Å². The number of amides is 2. The summed E-state index contributed by atoms with van der Waals surface area (Å²) >= 11 is 0. The van der Waals surface area contributed by atoms with Crippen molar-refractivity contribution in [1.29, 1.82) is 0 Å². The van der Waals surface area contributed by atoms with Gasteiger partial charge in [0.2, 0.25) is 0 Å². The maximum Gasteiger partial charge on any atom is 0.329 e. The Hall–Kier alpha value is -2.63. The van der Waals surface area contributed by atoms with Gasteiger partial charge in [-0.1, -0.05) is 19.4 Å². The number of carbonyl (C=O) groups excluding carboxylic acids is 2. The normalized spacial score (nSPS) is 10.2. The van der Waals surface area contributed by atoms with E-state index in [2.05, 4.69) is 29.3 Å². The average Bonchev–Trinajstić information content (AvgIpc) is 2.54. The Morgan fingerprint density at radius 3 is 2.64 bits per heavy atom. The first-order valence-electron chi connectivity index (χ1n) is 7.12. The first kappa shape index (κ1) is 17.4. The number of hydrogen-bond acceptors (Lipinski definition) is 4. The molecular formula is C16H21N3O3. The lowest BCUT2D eigenvalue weighted by atomic mass is 10.2. The third kappa shape index (κ3) is 6.69. The summed E-state index contributed by atoms with van der Waals surface area (Å²) in [7, 11) is 0. The lowest BCUT2D eigenvalue weighted by Gasteiger charge is -2.04. The van der Waals surface area contributed by atoms with Crippen LogP contribution in [0.3, 0.4) is 0 Å². The molecular weight excluding hydrogens is 282 g/mol. The Bertz CT molecular complexity index is 524. The van der Waals surface area contributed by atoms with Crippen LogP contribution in [0.2, 0.25) is 0 Å². The van der Waals surface area contributed by atoms with Gasteiger partial charge in [0.1, 0.15) is 5.75 Å². The van der Waals surface area contributed by atoms with Crippen LogP contribution >= 0.6 is 0 Å². The number of hydrogen-bond donors (Lipinski definition) is 2. The average molecular weight is 303 g/mol. The Morgan fingerprint density at radius 1 is 1.27 bits per heavy atom. The van der Waals surface area contributed by atoms with Gasteiger partial charge >= 0.3 is 11.8 Å². The van der Waals surface area contributed by atoms with E-state index in [9.17, 15) is 9.59 Å². The second kappa shape index (κ2) is 10.1. The SMILES string of the molecule is C=CCNC(=O)C(=O)N/N=C/c1ccc(OCCCC)cc1. The summed E-state index contributed by atoms with van der Waals surface area (Å²) in [5.41, 5.74) is 2.94. The summed E-state index contributed by atoms with van der Waals surface area (Å²) in [4.78, 5) is 22.6.